The van der Waals surface area contributed by atoms with Gasteiger partial charge in [0.15, 0.2) is 5.82 Å². The molecule has 0 aliphatic carbocycles. The lowest BCUT2D eigenvalue weighted by Crippen LogP contribution is -1.85. The highest BCUT2D eigenvalue weighted by molar-refractivity contribution is 6.31. The van der Waals surface area contributed by atoms with Crippen LogP contribution in [0.2, 0.25) is 5.02 Å². The fraction of sp³-hybridized carbons (Fsp3) is 0.0909. The number of benzene rings is 1. The van der Waals surface area contributed by atoms with Crippen molar-refractivity contribution in [1.29, 1.82) is 0 Å². The number of nitrogens with zero attached hydrogens (tertiary/aromatic N) is 2. The standard InChI is InChI=1S/C11H9ClN4O/c12-7-3-6(5-17)10-9(4-7)14-11(15-10)8-1-2-13-16-8/h1-4,17H,5H2,(H,13,16)(H,14,15). The minimum atomic E-state index is -0.0929. The van der Waals surface area contributed by atoms with Gasteiger partial charge in [-0.2, -0.15) is 5.10 Å². The summed E-state index contributed by atoms with van der Waals surface area (Å²) in [6.07, 6.45) is 1.66. The van der Waals surface area contributed by atoms with E-state index in [1.807, 2.05) is 6.07 Å². The Hall–Kier alpha value is -1.85. The lowest BCUT2D eigenvalue weighted by atomic mass is 10.2. The van der Waals surface area contributed by atoms with Crippen LogP contribution in [0.5, 0.6) is 0 Å². The molecular formula is C11H9ClN4O. The molecule has 0 saturated heterocycles. The predicted molar refractivity (Wildman–Crippen MR) is 64.6 cm³/mol. The van der Waals surface area contributed by atoms with Crippen LogP contribution in [-0.2, 0) is 6.61 Å². The van der Waals surface area contributed by atoms with Crippen molar-refractivity contribution in [3.63, 3.8) is 0 Å². The first-order chi connectivity index (χ1) is 8.28. The van der Waals surface area contributed by atoms with Gasteiger partial charge < -0.3 is 10.1 Å². The van der Waals surface area contributed by atoms with Crippen LogP contribution >= 0.6 is 11.6 Å². The maximum Gasteiger partial charge on any atom is 0.156 e. The molecule has 2 aromatic heterocycles. The van der Waals surface area contributed by atoms with E-state index in [1.165, 1.54) is 0 Å². The average molecular weight is 249 g/mol. The molecule has 3 rings (SSSR count). The molecule has 0 spiro atoms. The zero-order valence-corrected chi connectivity index (χ0v) is 9.49. The molecular weight excluding hydrogens is 240 g/mol. The van der Waals surface area contributed by atoms with Crippen LogP contribution in [0.4, 0.5) is 0 Å². The molecule has 2 heterocycles. The number of hydrogen-bond acceptors (Lipinski definition) is 3. The van der Waals surface area contributed by atoms with Gasteiger partial charge in [0.1, 0.15) is 5.69 Å². The topological polar surface area (TPSA) is 77.6 Å². The molecule has 6 heteroatoms. The maximum absolute atomic E-state index is 9.27. The van der Waals surface area contributed by atoms with Gasteiger partial charge in [0.05, 0.1) is 17.6 Å². The van der Waals surface area contributed by atoms with Crippen molar-refractivity contribution in [3.05, 3.63) is 35.0 Å². The van der Waals surface area contributed by atoms with Crippen LogP contribution in [-0.4, -0.2) is 25.3 Å². The predicted octanol–water partition coefficient (Wildman–Crippen LogP) is 2.10. The summed E-state index contributed by atoms with van der Waals surface area (Å²) in [5, 5.41) is 16.5. The second kappa shape index (κ2) is 3.87. The first-order valence-electron chi connectivity index (χ1n) is 5.06. The molecule has 5 nitrogen and oxygen atoms in total. The lowest BCUT2D eigenvalue weighted by Gasteiger charge is -1.97. The first-order valence-corrected chi connectivity index (χ1v) is 5.44. The minimum absolute atomic E-state index is 0.0929. The molecule has 0 radical (unpaired) electrons. The highest BCUT2D eigenvalue weighted by Crippen LogP contribution is 2.25. The van der Waals surface area contributed by atoms with Gasteiger partial charge in [-0.3, -0.25) is 5.10 Å². The number of imidazole rings is 1. The summed E-state index contributed by atoms with van der Waals surface area (Å²) >= 11 is 5.96. The number of rotatable bonds is 2. The lowest BCUT2D eigenvalue weighted by molar-refractivity contribution is 0.283. The second-order valence-electron chi connectivity index (χ2n) is 3.67. The minimum Gasteiger partial charge on any atom is -0.392 e. The van der Waals surface area contributed by atoms with Crippen molar-refractivity contribution < 1.29 is 5.11 Å². The molecule has 0 aliphatic rings. The number of aromatic nitrogens is 4. The van der Waals surface area contributed by atoms with Crippen LogP contribution in [0.1, 0.15) is 5.56 Å². The van der Waals surface area contributed by atoms with E-state index in [-0.39, 0.29) is 6.61 Å². The van der Waals surface area contributed by atoms with Gasteiger partial charge in [0, 0.05) is 16.8 Å². The quantitative estimate of drug-likeness (QED) is 0.650. The number of aromatic amines is 2. The highest BCUT2D eigenvalue weighted by Gasteiger charge is 2.10. The van der Waals surface area contributed by atoms with E-state index in [0.29, 0.717) is 16.4 Å². The summed E-state index contributed by atoms with van der Waals surface area (Å²) in [6.45, 7) is -0.0929. The molecule has 0 unspecified atom stereocenters. The molecule has 1 aromatic carbocycles. The van der Waals surface area contributed by atoms with E-state index in [2.05, 4.69) is 20.2 Å². The molecule has 17 heavy (non-hydrogen) atoms. The van der Waals surface area contributed by atoms with Crippen molar-refractivity contribution >= 4 is 22.6 Å². The zero-order valence-electron chi connectivity index (χ0n) is 8.74. The Morgan fingerprint density at radius 2 is 2.24 bits per heavy atom. The second-order valence-corrected chi connectivity index (χ2v) is 4.11. The van der Waals surface area contributed by atoms with Crippen molar-refractivity contribution in [2.24, 2.45) is 0 Å². The summed E-state index contributed by atoms with van der Waals surface area (Å²) in [6, 6.07) is 5.31. The number of nitrogens with one attached hydrogen (secondary N) is 2. The Kier molecular flexibility index (Phi) is 2.35. The fourth-order valence-corrected chi connectivity index (χ4v) is 2.03. The summed E-state index contributed by atoms with van der Waals surface area (Å²) in [7, 11) is 0. The molecule has 3 N–H and O–H groups in total. The molecule has 0 amide bonds. The van der Waals surface area contributed by atoms with E-state index in [1.54, 1.807) is 18.3 Å². The summed E-state index contributed by atoms with van der Waals surface area (Å²) in [4.78, 5) is 7.56. The fourth-order valence-electron chi connectivity index (χ4n) is 1.79. The SMILES string of the molecule is OCc1cc(Cl)cc2[nH]c(-c3ccn[nH]3)nc12. The molecule has 0 saturated carbocycles. The summed E-state index contributed by atoms with van der Waals surface area (Å²) < 4.78 is 0. The zero-order chi connectivity index (χ0) is 11.8. The van der Waals surface area contributed by atoms with Crippen LogP contribution in [0.3, 0.4) is 0 Å². The molecule has 86 valence electrons. The molecule has 0 atom stereocenters. The molecule has 3 aromatic rings. The van der Waals surface area contributed by atoms with E-state index in [4.69, 9.17) is 11.6 Å². The number of H-pyrrole nitrogens is 2. The summed E-state index contributed by atoms with van der Waals surface area (Å²) in [5.74, 6) is 0.675. The van der Waals surface area contributed by atoms with E-state index < -0.39 is 0 Å². The Bertz CT molecular complexity index is 659. The van der Waals surface area contributed by atoms with Gasteiger partial charge >= 0.3 is 0 Å². The van der Waals surface area contributed by atoms with Crippen LogP contribution in [0.25, 0.3) is 22.6 Å². The van der Waals surface area contributed by atoms with Gasteiger partial charge in [-0.05, 0) is 18.2 Å². The summed E-state index contributed by atoms with van der Waals surface area (Å²) in [5.41, 5.74) is 3.02. The smallest absolute Gasteiger partial charge is 0.156 e. The number of hydrogen-bond donors (Lipinski definition) is 3. The Morgan fingerprint density at radius 3 is 2.94 bits per heavy atom. The average Bonchev–Trinajstić information content (AvgIpc) is 2.95. The van der Waals surface area contributed by atoms with Crippen molar-refractivity contribution in [3.8, 4) is 11.5 Å². The molecule has 0 fully saturated rings. The van der Waals surface area contributed by atoms with Crippen LogP contribution in [0, 0.1) is 0 Å². The third kappa shape index (κ3) is 1.69. The number of fused-ring (bicyclic) bond motifs is 1. The van der Waals surface area contributed by atoms with Crippen molar-refractivity contribution in [2.45, 2.75) is 6.61 Å². The van der Waals surface area contributed by atoms with E-state index in [0.717, 1.165) is 16.7 Å². The number of halogens is 1. The van der Waals surface area contributed by atoms with Gasteiger partial charge in [0.25, 0.3) is 0 Å². The monoisotopic (exact) mass is 248 g/mol. The van der Waals surface area contributed by atoms with Gasteiger partial charge in [-0.15, -0.1) is 0 Å². The Labute approximate surface area is 101 Å². The normalized spacial score (nSPS) is 11.2. The van der Waals surface area contributed by atoms with Crippen molar-refractivity contribution in [1.82, 2.24) is 20.2 Å². The van der Waals surface area contributed by atoms with Crippen LogP contribution in [0.15, 0.2) is 24.4 Å². The van der Waals surface area contributed by atoms with Crippen LogP contribution < -0.4 is 0 Å². The Balaban J connectivity index is 2.25. The highest BCUT2D eigenvalue weighted by atomic mass is 35.5. The van der Waals surface area contributed by atoms with Crippen molar-refractivity contribution in [2.75, 3.05) is 0 Å². The largest absolute Gasteiger partial charge is 0.392 e. The number of aliphatic hydroxyl groups is 1. The number of aliphatic hydroxyl groups excluding tert-OH is 1. The van der Waals surface area contributed by atoms with Gasteiger partial charge in [-0.25, -0.2) is 4.98 Å². The maximum atomic E-state index is 9.27. The third-order valence-electron chi connectivity index (χ3n) is 2.56. The Morgan fingerprint density at radius 1 is 1.35 bits per heavy atom. The van der Waals surface area contributed by atoms with Gasteiger partial charge in [0.2, 0.25) is 0 Å². The first kappa shape index (κ1) is 10.3. The molecule has 0 bridgehead atoms. The van der Waals surface area contributed by atoms with E-state index in [9.17, 15) is 5.11 Å². The third-order valence-corrected chi connectivity index (χ3v) is 2.77. The van der Waals surface area contributed by atoms with E-state index >= 15 is 0 Å². The molecule has 0 aliphatic heterocycles. The van der Waals surface area contributed by atoms with Gasteiger partial charge in [-0.1, -0.05) is 11.6 Å².